The lowest BCUT2D eigenvalue weighted by atomic mass is 9.99. The number of nitrogens with two attached hydrogens (primary N) is 1. The largest absolute Gasteiger partial charge is 0.395 e. The molecule has 0 saturated carbocycles. The predicted octanol–water partition coefficient (Wildman–Crippen LogP) is 0.980. The fourth-order valence-electron chi connectivity index (χ4n) is 1.62. The van der Waals surface area contributed by atoms with E-state index in [-0.39, 0.29) is 12.5 Å². The minimum atomic E-state index is 0.0488. The Hall–Kier alpha value is -0.970. The Bertz CT molecular complexity index is 329. The van der Waals surface area contributed by atoms with Crippen LogP contribution in [0.1, 0.15) is 11.5 Å². The number of likely N-dealkylation sites (N-methyl/N-ethyl adjacent to an activating group) is 1. The van der Waals surface area contributed by atoms with Crippen LogP contribution < -0.4 is 5.73 Å². The normalized spacial score (nSPS) is 12.7. The Kier molecular flexibility index (Phi) is 5.38. The van der Waals surface area contributed by atoms with Crippen LogP contribution in [0.5, 0.6) is 0 Å². The van der Waals surface area contributed by atoms with Crippen molar-refractivity contribution in [3.8, 4) is 0 Å². The maximum atomic E-state index is 8.85. The van der Waals surface area contributed by atoms with Crippen molar-refractivity contribution in [3.63, 3.8) is 0 Å². The molecule has 0 bridgehead atoms. The molecule has 0 aromatic heterocycles. The summed E-state index contributed by atoms with van der Waals surface area (Å²) in [4.78, 5) is 2.52. The number of hydrogen-bond acceptors (Lipinski definition) is 3. The van der Waals surface area contributed by atoms with E-state index in [1.54, 1.807) is 0 Å². The van der Waals surface area contributed by atoms with Gasteiger partial charge in [0, 0.05) is 19.0 Å². The van der Waals surface area contributed by atoms with Crippen LogP contribution in [-0.4, -0.2) is 41.7 Å². The van der Waals surface area contributed by atoms with Crippen molar-refractivity contribution in [1.29, 1.82) is 0 Å². The van der Waals surface area contributed by atoms with Crippen LogP contribution in [0, 0.1) is 0 Å². The van der Waals surface area contributed by atoms with E-state index in [0.29, 0.717) is 11.5 Å². The van der Waals surface area contributed by atoms with Gasteiger partial charge in [0.1, 0.15) is 0 Å². The van der Waals surface area contributed by atoms with Crippen molar-refractivity contribution in [2.45, 2.75) is 5.92 Å². The maximum absolute atomic E-state index is 8.85. The van der Waals surface area contributed by atoms with E-state index in [2.05, 4.69) is 0 Å². The number of nitrogens with zero attached hydrogens (tertiary/aromatic N) is 1. The Morgan fingerprint density at radius 2 is 2.06 bits per heavy atom. The topological polar surface area (TPSA) is 49.5 Å². The third-order valence-electron chi connectivity index (χ3n) is 2.52. The number of aliphatic hydroxyl groups is 1. The van der Waals surface area contributed by atoms with Gasteiger partial charge in [-0.15, -0.1) is 0 Å². The summed E-state index contributed by atoms with van der Waals surface area (Å²) in [5.74, 6) is 0.0488. The molecule has 88 valence electrons. The zero-order valence-corrected chi connectivity index (χ0v) is 10.3. The van der Waals surface area contributed by atoms with Gasteiger partial charge in [0.2, 0.25) is 0 Å². The van der Waals surface area contributed by atoms with Crippen LogP contribution in [-0.2, 0) is 0 Å². The molecule has 3 nitrogen and oxygen atoms in total. The molecule has 0 aliphatic heterocycles. The first kappa shape index (κ1) is 13.1. The molecule has 0 radical (unpaired) electrons. The first-order chi connectivity index (χ1) is 7.65. The van der Waals surface area contributed by atoms with E-state index in [1.807, 2.05) is 42.3 Å². The zero-order chi connectivity index (χ0) is 12.0. The second-order valence-electron chi connectivity index (χ2n) is 3.85. The highest BCUT2D eigenvalue weighted by Gasteiger charge is 2.16. The van der Waals surface area contributed by atoms with Gasteiger partial charge in [0.05, 0.1) is 11.6 Å². The lowest BCUT2D eigenvalue weighted by Crippen LogP contribution is -2.33. The third-order valence-corrected chi connectivity index (χ3v) is 2.81. The number of benzene rings is 1. The molecule has 0 fully saturated rings. The second kappa shape index (κ2) is 6.58. The molecule has 1 atom stereocenters. The summed E-state index contributed by atoms with van der Waals surface area (Å²) in [5.41, 5.74) is 6.88. The molecule has 0 saturated heterocycles. The Morgan fingerprint density at radius 3 is 2.56 bits per heavy atom. The van der Waals surface area contributed by atoms with E-state index in [0.717, 1.165) is 12.1 Å². The van der Waals surface area contributed by atoms with Gasteiger partial charge in [0.25, 0.3) is 0 Å². The van der Waals surface area contributed by atoms with Crippen molar-refractivity contribution in [2.24, 2.45) is 5.73 Å². The number of hydrogen-bond donors (Lipinski definition) is 2. The first-order valence-electron chi connectivity index (χ1n) is 5.28. The van der Waals surface area contributed by atoms with Crippen LogP contribution in [0.4, 0.5) is 0 Å². The van der Waals surface area contributed by atoms with Gasteiger partial charge in [-0.25, -0.2) is 0 Å². The molecular formula is C12H18N2OS. The van der Waals surface area contributed by atoms with E-state index in [4.69, 9.17) is 23.1 Å². The van der Waals surface area contributed by atoms with Crippen molar-refractivity contribution >= 4 is 17.2 Å². The smallest absolute Gasteiger partial charge is 0.0816 e. The molecule has 0 amide bonds. The van der Waals surface area contributed by atoms with Crippen LogP contribution in [0.2, 0.25) is 0 Å². The molecule has 0 aliphatic rings. The molecule has 0 heterocycles. The molecule has 3 N–H and O–H groups in total. The van der Waals surface area contributed by atoms with E-state index >= 15 is 0 Å². The molecule has 16 heavy (non-hydrogen) atoms. The molecule has 1 aromatic carbocycles. The average Bonchev–Trinajstić information content (AvgIpc) is 2.27. The molecular weight excluding hydrogens is 220 g/mol. The van der Waals surface area contributed by atoms with Crippen molar-refractivity contribution in [1.82, 2.24) is 4.90 Å². The summed E-state index contributed by atoms with van der Waals surface area (Å²) < 4.78 is 0. The Morgan fingerprint density at radius 1 is 1.44 bits per heavy atom. The van der Waals surface area contributed by atoms with Crippen molar-refractivity contribution < 1.29 is 5.11 Å². The standard InChI is InChI=1S/C12H18N2OS/c1-14(7-8-15)9-11(12(13)16)10-5-3-2-4-6-10/h2-6,11,15H,7-9H2,1H3,(H2,13,16). The Labute approximate surface area is 102 Å². The summed E-state index contributed by atoms with van der Waals surface area (Å²) in [7, 11) is 1.95. The summed E-state index contributed by atoms with van der Waals surface area (Å²) in [5, 5.41) is 8.85. The van der Waals surface area contributed by atoms with Gasteiger partial charge >= 0.3 is 0 Å². The summed E-state index contributed by atoms with van der Waals surface area (Å²) in [6, 6.07) is 9.98. The van der Waals surface area contributed by atoms with Crippen molar-refractivity contribution in [2.75, 3.05) is 26.7 Å². The second-order valence-corrected chi connectivity index (χ2v) is 4.32. The molecule has 1 rings (SSSR count). The van der Waals surface area contributed by atoms with E-state index < -0.39 is 0 Å². The van der Waals surface area contributed by atoms with Gasteiger partial charge in [-0.05, 0) is 12.6 Å². The van der Waals surface area contributed by atoms with E-state index in [9.17, 15) is 0 Å². The molecule has 4 heteroatoms. The SMILES string of the molecule is CN(CCO)CC(C(N)=S)c1ccccc1. The summed E-state index contributed by atoms with van der Waals surface area (Å²) in [6.45, 7) is 1.52. The van der Waals surface area contributed by atoms with E-state index in [1.165, 1.54) is 0 Å². The summed E-state index contributed by atoms with van der Waals surface area (Å²) in [6.07, 6.45) is 0. The highest BCUT2D eigenvalue weighted by molar-refractivity contribution is 7.80. The predicted molar refractivity (Wildman–Crippen MR) is 70.6 cm³/mol. The first-order valence-corrected chi connectivity index (χ1v) is 5.69. The lowest BCUT2D eigenvalue weighted by molar-refractivity contribution is 0.220. The van der Waals surface area contributed by atoms with Crippen LogP contribution >= 0.6 is 12.2 Å². The number of aliphatic hydroxyl groups excluding tert-OH is 1. The quantitative estimate of drug-likeness (QED) is 0.725. The average molecular weight is 238 g/mol. The third kappa shape index (κ3) is 3.89. The monoisotopic (exact) mass is 238 g/mol. The summed E-state index contributed by atoms with van der Waals surface area (Å²) >= 11 is 5.09. The fraction of sp³-hybridized carbons (Fsp3) is 0.417. The van der Waals surface area contributed by atoms with Crippen LogP contribution in [0.15, 0.2) is 30.3 Å². The van der Waals surface area contributed by atoms with Gasteiger partial charge in [-0.2, -0.15) is 0 Å². The molecule has 1 unspecified atom stereocenters. The van der Waals surface area contributed by atoms with Gasteiger partial charge in [0.15, 0.2) is 0 Å². The van der Waals surface area contributed by atoms with Crippen LogP contribution in [0.3, 0.4) is 0 Å². The minimum Gasteiger partial charge on any atom is -0.395 e. The maximum Gasteiger partial charge on any atom is 0.0816 e. The van der Waals surface area contributed by atoms with Gasteiger partial charge < -0.3 is 15.7 Å². The highest BCUT2D eigenvalue weighted by Crippen LogP contribution is 2.16. The fourth-order valence-corrected chi connectivity index (χ4v) is 1.83. The van der Waals surface area contributed by atoms with Gasteiger partial charge in [-0.1, -0.05) is 42.5 Å². The minimum absolute atomic E-state index is 0.0488. The molecule has 1 aromatic rings. The zero-order valence-electron chi connectivity index (χ0n) is 9.47. The number of thiocarbonyl (C=S) groups is 1. The van der Waals surface area contributed by atoms with Crippen LogP contribution in [0.25, 0.3) is 0 Å². The highest BCUT2D eigenvalue weighted by atomic mass is 32.1. The van der Waals surface area contributed by atoms with Gasteiger partial charge in [-0.3, -0.25) is 0 Å². The Balaban J connectivity index is 2.73. The number of rotatable bonds is 6. The van der Waals surface area contributed by atoms with Crippen molar-refractivity contribution in [3.05, 3.63) is 35.9 Å². The molecule has 0 spiro atoms. The lowest BCUT2D eigenvalue weighted by Gasteiger charge is -2.22. The molecule has 0 aliphatic carbocycles.